The van der Waals surface area contributed by atoms with E-state index in [4.69, 9.17) is 0 Å². The standard InChI is InChI=1S/C13H13NOS3/c15-12(8-11-2-1-5-17-11)14-4-7-18-13(14)10-3-6-16-9-10/h1-3,5-6,9,13H,4,7-8H2. The molecule has 0 aliphatic carbocycles. The number of nitrogens with zero attached hydrogens (tertiary/aromatic N) is 1. The number of hydrogen-bond acceptors (Lipinski definition) is 4. The average molecular weight is 295 g/mol. The van der Waals surface area contributed by atoms with Crippen LogP contribution in [0.4, 0.5) is 0 Å². The fourth-order valence-electron chi connectivity index (χ4n) is 2.08. The van der Waals surface area contributed by atoms with Crippen molar-refractivity contribution >= 4 is 40.3 Å². The molecule has 3 heterocycles. The van der Waals surface area contributed by atoms with Gasteiger partial charge in [0.05, 0.1) is 6.42 Å². The van der Waals surface area contributed by atoms with Gasteiger partial charge in [0.2, 0.25) is 5.91 Å². The summed E-state index contributed by atoms with van der Waals surface area (Å²) in [5.74, 6) is 1.29. The summed E-state index contributed by atoms with van der Waals surface area (Å²) in [4.78, 5) is 15.5. The largest absolute Gasteiger partial charge is 0.325 e. The smallest absolute Gasteiger partial charge is 0.229 e. The highest BCUT2D eigenvalue weighted by Gasteiger charge is 2.30. The first-order chi connectivity index (χ1) is 8.84. The summed E-state index contributed by atoms with van der Waals surface area (Å²) in [5.41, 5.74) is 1.27. The van der Waals surface area contributed by atoms with E-state index in [0.717, 1.165) is 17.2 Å². The Balaban J connectivity index is 1.73. The van der Waals surface area contributed by atoms with Crippen molar-refractivity contribution in [2.45, 2.75) is 11.8 Å². The molecule has 0 bridgehead atoms. The van der Waals surface area contributed by atoms with Crippen molar-refractivity contribution in [1.29, 1.82) is 0 Å². The third-order valence-corrected chi connectivity index (χ3v) is 5.78. The number of amides is 1. The second-order valence-corrected chi connectivity index (χ2v) is 7.12. The number of hydrogen-bond donors (Lipinski definition) is 0. The van der Waals surface area contributed by atoms with E-state index in [2.05, 4.69) is 16.8 Å². The van der Waals surface area contributed by atoms with Crippen LogP contribution in [0.2, 0.25) is 0 Å². The molecule has 0 N–H and O–H groups in total. The first kappa shape index (κ1) is 12.3. The van der Waals surface area contributed by atoms with Gasteiger partial charge in [-0.15, -0.1) is 23.1 Å². The molecule has 1 fully saturated rings. The van der Waals surface area contributed by atoms with Crippen LogP contribution in [-0.4, -0.2) is 23.1 Å². The Kier molecular flexibility index (Phi) is 3.72. The molecule has 0 spiro atoms. The molecule has 94 valence electrons. The minimum absolute atomic E-state index is 0.226. The number of rotatable bonds is 3. The zero-order valence-electron chi connectivity index (χ0n) is 9.74. The van der Waals surface area contributed by atoms with Crippen LogP contribution in [0.5, 0.6) is 0 Å². The minimum Gasteiger partial charge on any atom is -0.325 e. The summed E-state index contributed by atoms with van der Waals surface area (Å²) >= 11 is 5.22. The topological polar surface area (TPSA) is 20.3 Å². The van der Waals surface area contributed by atoms with Gasteiger partial charge in [0.15, 0.2) is 0 Å². The van der Waals surface area contributed by atoms with E-state index >= 15 is 0 Å². The SMILES string of the molecule is O=C(Cc1cccs1)N1CCSC1c1ccsc1. The van der Waals surface area contributed by atoms with Crippen LogP contribution in [0, 0.1) is 0 Å². The highest BCUT2D eigenvalue weighted by atomic mass is 32.2. The predicted octanol–water partition coefficient (Wildman–Crippen LogP) is 3.63. The molecule has 1 aliphatic rings. The fraction of sp³-hybridized carbons (Fsp3) is 0.308. The maximum atomic E-state index is 12.3. The van der Waals surface area contributed by atoms with Gasteiger partial charge >= 0.3 is 0 Å². The molecule has 2 nitrogen and oxygen atoms in total. The molecule has 2 aromatic rings. The van der Waals surface area contributed by atoms with E-state index in [1.807, 2.05) is 34.2 Å². The summed E-state index contributed by atoms with van der Waals surface area (Å²) in [7, 11) is 0. The van der Waals surface area contributed by atoms with Gasteiger partial charge < -0.3 is 4.90 Å². The van der Waals surface area contributed by atoms with Gasteiger partial charge in [0, 0.05) is 17.2 Å². The summed E-state index contributed by atoms with van der Waals surface area (Å²) in [6, 6.07) is 6.16. The van der Waals surface area contributed by atoms with Gasteiger partial charge in [-0.2, -0.15) is 11.3 Å². The van der Waals surface area contributed by atoms with E-state index in [9.17, 15) is 4.79 Å². The molecule has 18 heavy (non-hydrogen) atoms. The summed E-state index contributed by atoms with van der Waals surface area (Å²) in [6.45, 7) is 0.870. The van der Waals surface area contributed by atoms with Crippen molar-refractivity contribution in [1.82, 2.24) is 4.90 Å². The number of carbonyl (C=O) groups is 1. The predicted molar refractivity (Wildman–Crippen MR) is 79.3 cm³/mol. The lowest BCUT2D eigenvalue weighted by Crippen LogP contribution is -2.31. The number of thiophene rings is 2. The molecular weight excluding hydrogens is 282 g/mol. The second kappa shape index (κ2) is 5.47. The van der Waals surface area contributed by atoms with Gasteiger partial charge in [-0.25, -0.2) is 0 Å². The molecule has 0 saturated carbocycles. The monoisotopic (exact) mass is 295 g/mol. The first-order valence-electron chi connectivity index (χ1n) is 5.80. The van der Waals surface area contributed by atoms with Gasteiger partial charge in [-0.3, -0.25) is 4.79 Å². The van der Waals surface area contributed by atoms with Crippen LogP contribution in [0.25, 0.3) is 0 Å². The average Bonchev–Trinajstić information content (AvgIpc) is 3.11. The molecule has 5 heteroatoms. The van der Waals surface area contributed by atoms with Crippen LogP contribution in [0.3, 0.4) is 0 Å². The summed E-state index contributed by atoms with van der Waals surface area (Å²) in [5, 5.41) is 6.48. The molecule has 1 aliphatic heterocycles. The Hall–Kier alpha value is -0.780. The zero-order valence-corrected chi connectivity index (χ0v) is 12.2. The molecule has 1 amide bonds. The zero-order chi connectivity index (χ0) is 12.4. The highest BCUT2D eigenvalue weighted by molar-refractivity contribution is 7.99. The fourth-order valence-corrected chi connectivity index (χ4v) is 4.81. The summed E-state index contributed by atoms with van der Waals surface area (Å²) in [6.07, 6.45) is 0.541. The maximum absolute atomic E-state index is 12.3. The van der Waals surface area contributed by atoms with Crippen LogP contribution in [-0.2, 0) is 11.2 Å². The molecular formula is C13H13NOS3. The molecule has 1 saturated heterocycles. The van der Waals surface area contributed by atoms with E-state index in [1.54, 1.807) is 22.7 Å². The maximum Gasteiger partial charge on any atom is 0.229 e. The number of carbonyl (C=O) groups excluding carboxylic acids is 1. The Labute approximate surface area is 119 Å². The lowest BCUT2D eigenvalue weighted by Gasteiger charge is -2.23. The van der Waals surface area contributed by atoms with Crippen LogP contribution in [0.1, 0.15) is 15.8 Å². The highest BCUT2D eigenvalue weighted by Crippen LogP contribution is 2.39. The normalized spacial score (nSPS) is 19.3. The molecule has 0 aromatic carbocycles. The van der Waals surface area contributed by atoms with Gasteiger partial charge in [0.1, 0.15) is 5.37 Å². The van der Waals surface area contributed by atoms with Crippen molar-refractivity contribution in [3.63, 3.8) is 0 Å². The van der Waals surface area contributed by atoms with Gasteiger partial charge in [-0.05, 0) is 33.8 Å². The van der Waals surface area contributed by atoms with Crippen molar-refractivity contribution in [2.75, 3.05) is 12.3 Å². The van der Waals surface area contributed by atoms with Crippen LogP contribution < -0.4 is 0 Å². The van der Waals surface area contributed by atoms with Crippen LogP contribution >= 0.6 is 34.4 Å². The minimum atomic E-state index is 0.226. The number of thioether (sulfide) groups is 1. The Morgan fingerprint density at radius 3 is 3.06 bits per heavy atom. The Bertz CT molecular complexity index is 506. The lowest BCUT2D eigenvalue weighted by atomic mass is 10.2. The van der Waals surface area contributed by atoms with E-state index in [1.165, 1.54) is 5.56 Å². The molecule has 2 aromatic heterocycles. The molecule has 1 atom stereocenters. The van der Waals surface area contributed by atoms with Gasteiger partial charge in [-0.1, -0.05) is 6.07 Å². The lowest BCUT2D eigenvalue weighted by molar-refractivity contribution is -0.130. The first-order valence-corrected chi connectivity index (χ1v) is 8.67. The molecule has 1 unspecified atom stereocenters. The van der Waals surface area contributed by atoms with Crippen LogP contribution in [0.15, 0.2) is 34.3 Å². The van der Waals surface area contributed by atoms with Crippen molar-refractivity contribution in [3.8, 4) is 0 Å². The Morgan fingerprint density at radius 2 is 2.33 bits per heavy atom. The van der Waals surface area contributed by atoms with Crippen molar-refractivity contribution in [2.24, 2.45) is 0 Å². The van der Waals surface area contributed by atoms with Gasteiger partial charge in [0.25, 0.3) is 0 Å². The van der Waals surface area contributed by atoms with E-state index in [-0.39, 0.29) is 11.3 Å². The molecule has 0 radical (unpaired) electrons. The van der Waals surface area contributed by atoms with Crippen molar-refractivity contribution < 1.29 is 4.79 Å². The molecule has 3 rings (SSSR count). The van der Waals surface area contributed by atoms with Crippen molar-refractivity contribution in [3.05, 3.63) is 44.8 Å². The Morgan fingerprint density at radius 1 is 1.39 bits per heavy atom. The quantitative estimate of drug-likeness (QED) is 0.862. The summed E-state index contributed by atoms with van der Waals surface area (Å²) < 4.78 is 0. The van der Waals surface area contributed by atoms with E-state index < -0.39 is 0 Å². The third-order valence-electron chi connectivity index (χ3n) is 2.95. The van der Waals surface area contributed by atoms with E-state index in [0.29, 0.717) is 6.42 Å². The third kappa shape index (κ3) is 2.48. The second-order valence-electron chi connectivity index (χ2n) is 4.12.